The fraction of sp³-hybridized carbons (Fsp3) is 0.176. The lowest BCUT2D eigenvalue weighted by Gasteiger charge is -2.17. The van der Waals surface area contributed by atoms with Crippen LogP contribution in [0.3, 0.4) is 0 Å². The van der Waals surface area contributed by atoms with Gasteiger partial charge in [-0.25, -0.2) is 0 Å². The van der Waals surface area contributed by atoms with Crippen LogP contribution in [0.4, 0.5) is 5.69 Å². The van der Waals surface area contributed by atoms with Gasteiger partial charge in [-0.2, -0.15) is 0 Å². The quantitative estimate of drug-likeness (QED) is 0.717. The summed E-state index contributed by atoms with van der Waals surface area (Å²) in [6.45, 7) is 1.59. The highest BCUT2D eigenvalue weighted by molar-refractivity contribution is 9.10. The number of methoxy groups -OCH3 is 1. The third-order valence-corrected chi connectivity index (χ3v) is 3.92. The number of ether oxygens (including phenoxy) is 2. The molecule has 0 aliphatic rings. The fourth-order valence-electron chi connectivity index (χ4n) is 1.97. The molecule has 0 fully saturated rings. The van der Waals surface area contributed by atoms with Crippen molar-refractivity contribution in [1.82, 2.24) is 0 Å². The lowest BCUT2D eigenvalue weighted by molar-refractivity contribution is -0.122. The number of anilines is 1. The first-order chi connectivity index (χ1) is 11.4. The van der Waals surface area contributed by atoms with E-state index >= 15 is 0 Å². The van der Waals surface area contributed by atoms with E-state index in [1.165, 1.54) is 7.11 Å². The van der Waals surface area contributed by atoms with Crippen molar-refractivity contribution in [3.8, 4) is 11.5 Å². The van der Waals surface area contributed by atoms with Gasteiger partial charge in [-0.15, -0.1) is 0 Å². The molecule has 0 heterocycles. The minimum absolute atomic E-state index is 0.328. The van der Waals surface area contributed by atoms with E-state index in [4.69, 9.17) is 21.1 Å². The molecule has 24 heavy (non-hydrogen) atoms. The van der Waals surface area contributed by atoms with Gasteiger partial charge in [0.2, 0.25) is 0 Å². The lowest BCUT2D eigenvalue weighted by Crippen LogP contribution is -2.30. The normalized spacial score (nSPS) is 11.5. The zero-order valence-corrected chi connectivity index (χ0v) is 15.3. The standard InChI is InChI=1S/C17H15BrClNO4/c1-10(24-15-5-3-12(18)7-11(15)9-21)17(22)20-14-8-13(19)4-6-16(14)23-2/h3-10H,1-2H3,(H,20,22)/t10-/m1/s1. The van der Waals surface area contributed by atoms with Gasteiger partial charge in [0.25, 0.3) is 5.91 Å². The van der Waals surface area contributed by atoms with Gasteiger partial charge in [0.15, 0.2) is 12.4 Å². The Balaban J connectivity index is 2.13. The summed E-state index contributed by atoms with van der Waals surface area (Å²) >= 11 is 9.22. The topological polar surface area (TPSA) is 64.6 Å². The predicted molar refractivity (Wildman–Crippen MR) is 96.3 cm³/mol. The van der Waals surface area contributed by atoms with Gasteiger partial charge in [-0.05, 0) is 43.3 Å². The number of aldehydes is 1. The molecule has 1 atom stereocenters. The highest BCUT2D eigenvalue weighted by atomic mass is 79.9. The molecule has 0 aliphatic carbocycles. The third kappa shape index (κ3) is 4.49. The Morgan fingerprint density at radius 2 is 1.96 bits per heavy atom. The number of hydrogen-bond acceptors (Lipinski definition) is 4. The lowest BCUT2D eigenvalue weighted by atomic mass is 10.2. The van der Waals surface area contributed by atoms with E-state index in [-0.39, 0.29) is 0 Å². The number of nitrogens with one attached hydrogen (secondary N) is 1. The van der Waals surface area contributed by atoms with Gasteiger partial charge in [0.05, 0.1) is 18.4 Å². The Morgan fingerprint density at radius 1 is 1.25 bits per heavy atom. The second kappa shape index (κ2) is 8.17. The third-order valence-electron chi connectivity index (χ3n) is 3.19. The molecule has 1 amide bonds. The number of benzene rings is 2. The summed E-state index contributed by atoms with van der Waals surface area (Å²) in [4.78, 5) is 23.4. The molecule has 1 N–H and O–H groups in total. The molecule has 2 rings (SSSR count). The maximum Gasteiger partial charge on any atom is 0.265 e. The number of rotatable bonds is 6. The van der Waals surface area contributed by atoms with Crippen molar-refractivity contribution in [2.24, 2.45) is 0 Å². The summed E-state index contributed by atoms with van der Waals surface area (Å²) in [6, 6.07) is 9.87. The van der Waals surface area contributed by atoms with Gasteiger partial charge in [-0.3, -0.25) is 9.59 Å². The van der Waals surface area contributed by atoms with Gasteiger partial charge in [-0.1, -0.05) is 27.5 Å². The predicted octanol–water partition coefficient (Wildman–Crippen LogP) is 4.33. The molecule has 0 radical (unpaired) electrons. The molecule has 5 nitrogen and oxygen atoms in total. The monoisotopic (exact) mass is 411 g/mol. The van der Waals surface area contributed by atoms with E-state index < -0.39 is 12.0 Å². The largest absolute Gasteiger partial charge is 0.495 e. The zero-order chi connectivity index (χ0) is 17.7. The molecule has 0 bridgehead atoms. The van der Waals surface area contributed by atoms with E-state index in [0.29, 0.717) is 34.1 Å². The molecule has 7 heteroatoms. The molecule has 2 aromatic rings. The van der Waals surface area contributed by atoms with E-state index in [1.807, 2.05) is 0 Å². The Bertz CT molecular complexity index is 766. The smallest absolute Gasteiger partial charge is 0.265 e. The maximum absolute atomic E-state index is 12.3. The number of hydrogen-bond donors (Lipinski definition) is 1. The first-order valence-corrected chi connectivity index (χ1v) is 8.17. The summed E-state index contributed by atoms with van der Waals surface area (Å²) in [7, 11) is 1.50. The summed E-state index contributed by atoms with van der Waals surface area (Å²) < 4.78 is 11.5. The number of halogens is 2. The van der Waals surface area contributed by atoms with Crippen molar-refractivity contribution in [2.45, 2.75) is 13.0 Å². The summed E-state index contributed by atoms with van der Waals surface area (Å²) in [5.41, 5.74) is 0.793. The molecule has 0 saturated heterocycles. The molecule has 0 spiro atoms. The van der Waals surface area contributed by atoms with Gasteiger partial charge >= 0.3 is 0 Å². The second-order valence-electron chi connectivity index (χ2n) is 4.89. The van der Waals surface area contributed by atoms with Crippen LogP contribution in [-0.2, 0) is 4.79 Å². The highest BCUT2D eigenvalue weighted by Crippen LogP contribution is 2.28. The fourth-order valence-corrected chi connectivity index (χ4v) is 2.53. The SMILES string of the molecule is COc1ccc(Cl)cc1NC(=O)[C@@H](C)Oc1ccc(Br)cc1C=O. The van der Waals surface area contributed by atoms with E-state index in [9.17, 15) is 9.59 Å². The Labute approximate surface area is 153 Å². The number of carbonyl (C=O) groups is 2. The zero-order valence-electron chi connectivity index (χ0n) is 13.0. The average Bonchev–Trinajstić information content (AvgIpc) is 2.56. The van der Waals surface area contributed by atoms with Crippen LogP contribution in [0, 0.1) is 0 Å². The van der Waals surface area contributed by atoms with Crippen molar-refractivity contribution in [2.75, 3.05) is 12.4 Å². The van der Waals surface area contributed by atoms with Crippen LogP contribution in [-0.4, -0.2) is 25.4 Å². The van der Waals surface area contributed by atoms with Crippen LogP contribution in [0.2, 0.25) is 5.02 Å². The van der Waals surface area contributed by atoms with Crippen LogP contribution in [0.5, 0.6) is 11.5 Å². The molecule has 0 unspecified atom stereocenters. The summed E-state index contributed by atoms with van der Waals surface area (Å²) in [5, 5.41) is 3.17. The van der Waals surface area contributed by atoms with Gasteiger partial charge in [0.1, 0.15) is 11.5 Å². The highest BCUT2D eigenvalue weighted by Gasteiger charge is 2.18. The molecule has 0 aliphatic heterocycles. The van der Waals surface area contributed by atoms with E-state index in [0.717, 1.165) is 4.47 Å². The van der Waals surface area contributed by atoms with Crippen LogP contribution in [0.25, 0.3) is 0 Å². The number of carbonyl (C=O) groups excluding carboxylic acids is 2. The molecule has 0 aromatic heterocycles. The van der Waals surface area contributed by atoms with Gasteiger partial charge in [0, 0.05) is 9.50 Å². The molecule has 0 saturated carbocycles. The Kier molecular flexibility index (Phi) is 6.23. The van der Waals surface area contributed by atoms with Crippen LogP contribution >= 0.6 is 27.5 Å². The average molecular weight is 413 g/mol. The van der Waals surface area contributed by atoms with Crippen molar-refractivity contribution in [1.29, 1.82) is 0 Å². The molecule has 2 aromatic carbocycles. The summed E-state index contributed by atoms with van der Waals surface area (Å²) in [6.07, 6.45) is -0.154. The Hall–Kier alpha value is -2.05. The van der Waals surface area contributed by atoms with Crippen LogP contribution < -0.4 is 14.8 Å². The molecule has 126 valence electrons. The van der Waals surface area contributed by atoms with E-state index in [2.05, 4.69) is 21.2 Å². The van der Waals surface area contributed by atoms with Crippen molar-refractivity contribution in [3.63, 3.8) is 0 Å². The first-order valence-electron chi connectivity index (χ1n) is 7.00. The number of amides is 1. The minimum Gasteiger partial charge on any atom is -0.495 e. The Morgan fingerprint density at radius 3 is 2.62 bits per heavy atom. The molecular formula is C17H15BrClNO4. The maximum atomic E-state index is 12.3. The summed E-state index contributed by atoms with van der Waals surface area (Å²) in [5.74, 6) is 0.418. The minimum atomic E-state index is -0.825. The van der Waals surface area contributed by atoms with Crippen molar-refractivity contribution >= 4 is 45.4 Å². The van der Waals surface area contributed by atoms with Gasteiger partial charge < -0.3 is 14.8 Å². The van der Waals surface area contributed by atoms with Crippen LogP contribution in [0.15, 0.2) is 40.9 Å². The van der Waals surface area contributed by atoms with Crippen molar-refractivity contribution in [3.05, 3.63) is 51.5 Å². The van der Waals surface area contributed by atoms with Crippen LogP contribution in [0.1, 0.15) is 17.3 Å². The van der Waals surface area contributed by atoms with E-state index in [1.54, 1.807) is 43.3 Å². The van der Waals surface area contributed by atoms with Crippen molar-refractivity contribution < 1.29 is 19.1 Å². The second-order valence-corrected chi connectivity index (χ2v) is 6.25. The molecular weight excluding hydrogens is 398 g/mol. The first kappa shape index (κ1) is 18.3.